The van der Waals surface area contributed by atoms with Crippen molar-refractivity contribution in [2.75, 3.05) is 33.2 Å². The Bertz CT molecular complexity index is 287. The van der Waals surface area contributed by atoms with Gasteiger partial charge in [0.1, 0.15) is 0 Å². The highest BCUT2D eigenvalue weighted by Gasteiger charge is 2.34. The van der Waals surface area contributed by atoms with E-state index >= 15 is 0 Å². The molecule has 1 amide bonds. The minimum Gasteiger partial charge on any atom is -0.354 e. The molecule has 0 radical (unpaired) electrons. The number of piperidine rings is 2. The van der Waals surface area contributed by atoms with E-state index in [0.717, 1.165) is 32.5 Å². The number of rotatable bonds is 3. The molecule has 18 heavy (non-hydrogen) atoms. The van der Waals surface area contributed by atoms with Gasteiger partial charge in [0, 0.05) is 13.1 Å². The second-order valence-electron chi connectivity index (χ2n) is 6.20. The van der Waals surface area contributed by atoms with Crippen molar-refractivity contribution in [1.29, 1.82) is 0 Å². The maximum atomic E-state index is 12.3. The number of nitrogens with one attached hydrogen (secondary N) is 2. The Morgan fingerprint density at radius 2 is 2.28 bits per heavy atom. The molecule has 0 spiro atoms. The van der Waals surface area contributed by atoms with Gasteiger partial charge in [0.25, 0.3) is 0 Å². The number of hydrogen-bond acceptors (Lipinski definition) is 3. The molecule has 2 rings (SSSR count). The SMILES string of the molecule is CN1CCCC(CNC(=O)C2(C)CCCCN2)C1. The summed E-state index contributed by atoms with van der Waals surface area (Å²) in [6.07, 6.45) is 5.81. The molecule has 2 heterocycles. The Kier molecular flexibility index (Phi) is 4.62. The molecule has 0 saturated carbocycles. The van der Waals surface area contributed by atoms with Gasteiger partial charge in [-0.2, -0.15) is 0 Å². The van der Waals surface area contributed by atoms with Crippen molar-refractivity contribution in [2.24, 2.45) is 5.92 Å². The van der Waals surface area contributed by atoms with Gasteiger partial charge >= 0.3 is 0 Å². The highest BCUT2D eigenvalue weighted by atomic mass is 16.2. The fourth-order valence-corrected chi connectivity index (χ4v) is 3.12. The van der Waals surface area contributed by atoms with E-state index in [-0.39, 0.29) is 11.4 Å². The number of carbonyl (C=O) groups is 1. The smallest absolute Gasteiger partial charge is 0.240 e. The average molecular weight is 253 g/mol. The predicted molar refractivity (Wildman–Crippen MR) is 73.5 cm³/mol. The van der Waals surface area contributed by atoms with Crippen LogP contribution in [-0.4, -0.2) is 49.6 Å². The van der Waals surface area contributed by atoms with Gasteiger partial charge in [-0.05, 0) is 65.1 Å². The number of hydrogen-bond donors (Lipinski definition) is 2. The van der Waals surface area contributed by atoms with Crippen LogP contribution in [0.25, 0.3) is 0 Å². The molecule has 0 bridgehead atoms. The first kappa shape index (κ1) is 13.8. The van der Waals surface area contributed by atoms with Crippen LogP contribution >= 0.6 is 0 Å². The van der Waals surface area contributed by atoms with Crippen LogP contribution in [-0.2, 0) is 4.79 Å². The second kappa shape index (κ2) is 6.02. The van der Waals surface area contributed by atoms with Crippen LogP contribution in [0.15, 0.2) is 0 Å². The van der Waals surface area contributed by atoms with Gasteiger partial charge < -0.3 is 15.5 Å². The molecule has 2 saturated heterocycles. The summed E-state index contributed by atoms with van der Waals surface area (Å²) in [6.45, 7) is 6.15. The predicted octanol–water partition coefficient (Wildman–Crippen LogP) is 0.977. The fourth-order valence-electron chi connectivity index (χ4n) is 3.12. The maximum absolute atomic E-state index is 12.3. The van der Waals surface area contributed by atoms with Crippen LogP contribution in [0.4, 0.5) is 0 Å². The fraction of sp³-hybridized carbons (Fsp3) is 0.929. The zero-order valence-corrected chi connectivity index (χ0v) is 11.8. The Labute approximate surface area is 110 Å². The molecule has 4 nitrogen and oxygen atoms in total. The lowest BCUT2D eigenvalue weighted by atomic mass is 9.89. The van der Waals surface area contributed by atoms with E-state index in [0.29, 0.717) is 5.92 Å². The molecule has 2 atom stereocenters. The number of carbonyl (C=O) groups excluding carboxylic acids is 1. The van der Waals surface area contributed by atoms with Crippen molar-refractivity contribution in [2.45, 2.75) is 44.6 Å². The van der Waals surface area contributed by atoms with Crippen LogP contribution in [0.5, 0.6) is 0 Å². The summed E-state index contributed by atoms with van der Waals surface area (Å²) in [5.74, 6) is 0.815. The Hall–Kier alpha value is -0.610. The zero-order chi connectivity index (χ0) is 13.0. The lowest BCUT2D eigenvalue weighted by molar-refractivity contribution is -0.128. The third-order valence-corrected chi connectivity index (χ3v) is 4.39. The van der Waals surface area contributed by atoms with E-state index in [1.807, 2.05) is 6.92 Å². The molecule has 2 aliphatic rings. The van der Waals surface area contributed by atoms with Crippen molar-refractivity contribution in [3.63, 3.8) is 0 Å². The first-order valence-electron chi connectivity index (χ1n) is 7.32. The summed E-state index contributed by atoms with van der Waals surface area (Å²) in [5, 5.41) is 6.52. The first-order valence-corrected chi connectivity index (χ1v) is 7.32. The van der Waals surface area contributed by atoms with Gasteiger partial charge in [0.15, 0.2) is 0 Å². The third kappa shape index (κ3) is 3.45. The zero-order valence-electron chi connectivity index (χ0n) is 11.8. The summed E-state index contributed by atoms with van der Waals surface area (Å²) in [6, 6.07) is 0. The molecule has 2 aliphatic heterocycles. The third-order valence-electron chi connectivity index (χ3n) is 4.39. The molecule has 0 aromatic rings. The van der Waals surface area contributed by atoms with Gasteiger partial charge in [-0.1, -0.05) is 0 Å². The molecule has 2 fully saturated rings. The van der Waals surface area contributed by atoms with Gasteiger partial charge in [-0.25, -0.2) is 0 Å². The van der Waals surface area contributed by atoms with E-state index in [4.69, 9.17) is 0 Å². The van der Waals surface area contributed by atoms with Gasteiger partial charge in [-0.15, -0.1) is 0 Å². The number of amides is 1. The molecular weight excluding hydrogens is 226 g/mol. The van der Waals surface area contributed by atoms with E-state index in [1.165, 1.54) is 25.8 Å². The molecule has 104 valence electrons. The minimum absolute atomic E-state index is 0.190. The van der Waals surface area contributed by atoms with Crippen LogP contribution < -0.4 is 10.6 Å². The van der Waals surface area contributed by atoms with Gasteiger partial charge in [-0.3, -0.25) is 4.79 Å². The van der Waals surface area contributed by atoms with E-state index < -0.39 is 0 Å². The highest BCUT2D eigenvalue weighted by Crippen LogP contribution is 2.19. The maximum Gasteiger partial charge on any atom is 0.240 e. The van der Waals surface area contributed by atoms with E-state index in [1.54, 1.807) is 0 Å². The number of nitrogens with zero attached hydrogens (tertiary/aromatic N) is 1. The highest BCUT2D eigenvalue weighted by molar-refractivity contribution is 5.85. The molecule has 2 unspecified atom stereocenters. The summed E-state index contributed by atoms with van der Waals surface area (Å²) < 4.78 is 0. The van der Waals surface area contributed by atoms with Gasteiger partial charge in [0.2, 0.25) is 5.91 Å². The quantitative estimate of drug-likeness (QED) is 0.788. The normalized spacial score (nSPS) is 34.2. The largest absolute Gasteiger partial charge is 0.354 e. The summed E-state index contributed by atoms with van der Waals surface area (Å²) >= 11 is 0. The number of likely N-dealkylation sites (tertiary alicyclic amines) is 1. The Morgan fingerprint density at radius 1 is 1.44 bits per heavy atom. The lowest BCUT2D eigenvalue weighted by Gasteiger charge is -2.35. The van der Waals surface area contributed by atoms with E-state index in [2.05, 4.69) is 22.6 Å². The molecule has 0 aromatic heterocycles. The van der Waals surface area contributed by atoms with Crippen molar-refractivity contribution in [3.05, 3.63) is 0 Å². The molecule has 0 aromatic carbocycles. The topological polar surface area (TPSA) is 44.4 Å². The Morgan fingerprint density at radius 3 is 2.94 bits per heavy atom. The molecule has 0 aliphatic carbocycles. The van der Waals surface area contributed by atoms with Crippen molar-refractivity contribution < 1.29 is 4.79 Å². The van der Waals surface area contributed by atoms with E-state index in [9.17, 15) is 4.79 Å². The summed E-state index contributed by atoms with van der Waals surface area (Å²) in [7, 11) is 2.16. The Balaban J connectivity index is 1.76. The van der Waals surface area contributed by atoms with Crippen molar-refractivity contribution in [3.8, 4) is 0 Å². The van der Waals surface area contributed by atoms with Crippen LogP contribution in [0, 0.1) is 5.92 Å². The first-order chi connectivity index (χ1) is 8.60. The van der Waals surface area contributed by atoms with Crippen LogP contribution in [0.2, 0.25) is 0 Å². The van der Waals surface area contributed by atoms with Crippen LogP contribution in [0.3, 0.4) is 0 Å². The standard InChI is InChI=1S/C14H27N3O/c1-14(7-3-4-8-16-14)13(18)15-10-12-6-5-9-17(2)11-12/h12,16H,3-11H2,1-2H3,(H,15,18). The van der Waals surface area contributed by atoms with Crippen LogP contribution in [0.1, 0.15) is 39.0 Å². The molecular formula is C14H27N3O. The monoisotopic (exact) mass is 253 g/mol. The van der Waals surface area contributed by atoms with Crippen molar-refractivity contribution >= 4 is 5.91 Å². The van der Waals surface area contributed by atoms with Crippen molar-refractivity contribution in [1.82, 2.24) is 15.5 Å². The molecule has 2 N–H and O–H groups in total. The minimum atomic E-state index is -0.335. The summed E-state index contributed by atoms with van der Waals surface area (Å²) in [4.78, 5) is 14.6. The molecule has 4 heteroatoms. The summed E-state index contributed by atoms with van der Waals surface area (Å²) in [5.41, 5.74) is -0.335. The average Bonchev–Trinajstić information content (AvgIpc) is 2.37. The second-order valence-corrected chi connectivity index (χ2v) is 6.20. The van der Waals surface area contributed by atoms with Gasteiger partial charge in [0.05, 0.1) is 5.54 Å². The lowest BCUT2D eigenvalue weighted by Crippen LogP contribution is -2.57.